The van der Waals surface area contributed by atoms with Gasteiger partial charge in [-0.3, -0.25) is 9.59 Å². The van der Waals surface area contributed by atoms with E-state index in [-0.39, 0.29) is 29.0 Å². The molecule has 0 heterocycles. The van der Waals surface area contributed by atoms with Gasteiger partial charge in [-0.15, -0.1) is 0 Å². The smallest absolute Gasteiger partial charge is 0.338 e. The molecule has 6 atom stereocenters. The molecule has 4 aliphatic carbocycles. The van der Waals surface area contributed by atoms with Gasteiger partial charge >= 0.3 is 5.97 Å². The molecule has 0 radical (unpaired) electrons. The van der Waals surface area contributed by atoms with E-state index >= 15 is 0 Å². The largest absolute Gasteiger partial charge is 0.454 e. The van der Waals surface area contributed by atoms with Crippen LogP contribution in [0.1, 0.15) is 56.8 Å². The molecule has 0 saturated heterocycles. The molecule has 1 aromatic carbocycles. The number of carbonyl (C=O) groups is 3. The maximum atomic E-state index is 13.5. The van der Waals surface area contributed by atoms with Crippen molar-refractivity contribution in [3.8, 4) is 0 Å². The van der Waals surface area contributed by atoms with E-state index in [1.807, 2.05) is 26.0 Å². The Balaban J connectivity index is 1.41. The summed E-state index contributed by atoms with van der Waals surface area (Å²) in [7, 11) is 0. The van der Waals surface area contributed by atoms with E-state index in [1.165, 1.54) is 5.57 Å². The van der Waals surface area contributed by atoms with Crippen molar-refractivity contribution < 1.29 is 24.2 Å². The molecular formula is C29H32O5. The Kier molecular flexibility index (Phi) is 5.32. The monoisotopic (exact) mass is 460 g/mol. The van der Waals surface area contributed by atoms with Gasteiger partial charge in [0.1, 0.15) is 5.60 Å². The Morgan fingerprint density at radius 2 is 1.91 bits per heavy atom. The Labute approximate surface area is 200 Å². The molecule has 5 heteroatoms. The van der Waals surface area contributed by atoms with Crippen LogP contribution < -0.4 is 0 Å². The van der Waals surface area contributed by atoms with Crippen molar-refractivity contribution in [2.75, 3.05) is 6.61 Å². The molecule has 1 aromatic rings. The summed E-state index contributed by atoms with van der Waals surface area (Å²) >= 11 is 0. The number of rotatable bonds is 4. The highest BCUT2D eigenvalue weighted by atomic mass is 16.5. The Hall–Kier alpha value is -2.79. The molecule has 0 bridgehead atoms. The van der Waals surface area contributed by atoms with Crippen LogP contribution in [0.4, 0.5) is 0 Å². The first-order chi connectivity index (χ1) is 16.1. The molecule has 34 heavy (non-hydrogen) atoms. The lowest BCUT2D eigenvalue weighted by molar-refractivity contribution is -0.161. The van der Waals surface area contributed by atoms with E-state index in [9.17, 15) is 19.5 Å². The summed E-state index contributed by atoms with van der Waals surface area (Å²) in [4.78, 5) is 37.8. The summed E-state index contributed by atoms with van der Waals surface area (Å²) in [6.45, 7) is 5.71. The zero-order chi connectivity index (χ0) is 24.3. The van der Waals surface area contributed by atoms with Gasteiger partial charge in [-0.05, 0) is 74.6 Å². The summed E-state index contributed by atoms with van der Waals surface area (Å²) in [5.74, 6) is -0.788. The van der Waals surface area contributed by atoms with Crippen LogP contribution in [0, 0.1) is 28.6 Å². The van der Waals surface area contributed by atoms with Gasteiger partial charge in [-0.1, -0.05) is 55.3 Å². The van der Waals surface area contributed by atoms with Gasteiger partial charge in [-0.2, -0.15) is 0 Å². The summed E-state index contributed by atoms with van der Waals surface area (Å²) in [5.41, 5.74) is 0.396. The van der Waals surface area contributed by atoms with Crippen molar-refractivity contribution in [2.45, 2.75) is 52.1 Å². The summed E-state index contributed by atoms with van der Waals surface area (Å²) < 4.78 is 5.33. The van der Waals surface area contributed by atoms with Crippen molar-refractivity contribution in [3.05, 3.63) is 71.3 Å². The Morgan fingerprint density at radius 3 is 2.65 bits per heavy atom. The van der Waals surface area contributed by atoms with Gasteiger partial charge < -0.3 is 9.84 Å². The molecule has 5 nitrogen and oxygen atoms in total. The Bertz CT molecular complexity index is 1140. The number of esters is 1. The molecule has 0 aromatic heterocycles. The Morgan fingerprint density at radius 1 is 1.18 bits per heavy atom. The van der Waals surface area contributed by atoms with Gasteiger partial charge in [0.15, 0.2) is 12.4 Å². The van der Waals surface area contributed by atoms with E-state index in [0.29, 0.717) is 12.0 Å². The number of hydrogen-bond acceptors (Lipinski definition) is 5. The third-order valence-corrected chi connectivity index (χ3v) is 9.30. The predicted molar refractivity (Wildman–Crippen MR) is 128 cm³/mol. The third-order valence-electron chi connectivity index (χ3n) is 9.30. The van der Waals surface area contributed by atoms with Crippen molar-refractivity contribution in [2.24, 2.45) is 28.6 Å². The van der Waals surface area contributed by atoms with Gasteiger partial charge in [0, 0.05) is 10.8 Å². The van der Waals surface area contributed by atoms with Gasteiger partial charge in [0.2, 0.25) is 5.78 Å². The van der Waals surface area contributed by atoms with E-state index in [2.05, 4.69) is 13.0 Å². The topological polar surface area (TPSA) is 80.7 Å². The number of allylic oxidation sites excluding steroid dienone is 6. The highest BCUT2D eigenvalue weighted by Gasteiger charge is 2.67. The van der Waals surface area contributed by atoms with Crippen LogP contribution in [0.15, 0.2) is 65.8 Å². The summed E-state index contributed by atoms with van der Waals surface area (Å²) in [6, 6.07) is 8.58. The average molecular weight is 461 g/mol. The van der Waals surface area contributed by atoms with E-state index in [4.69, 9.17) is 4.74 Å². The lowest BCUT2D eigenvalue weighted by Gasteiger charge is -2.53. The van der Waals surface area contributed by atoms with E-state index < -0.39 is 29.4 Å². The first-order valence-corrected chi connectivity index (χ1v) is 12.2. The standard InChI is InChI=1S/C29H32O5/c1-18-15-24-22-10-9-20-16-21(30)11-13-27(20,2)23(22)12-14-28(24,3)29(18,33)25(31)17-34-26(32)19-7-5-4-6-8-19/h4-8,11-13,16,18,22,24,33H,9-10,14-15,17H2,1-3H3/t18-,22-,24-,27+,28-,29-/m1/s1. The van der Waals surface area contributed by atoms with Crippen LogP contribution in [-0.2, 0) is 14.3 Å². The van der Waals surface area contributed by atoms with Crippen LogP contribution in [-0.4, -0.2) is 34.9 Å². The second kappa shape index (κ2) is 7.88. The predicted octanol–water partition coefficient (Wildman–Crippen LogP) is 4.62. The first-order valence-electron chi connectivity index (χ1n) is 12.2. The number of benzene rings is 1. The van der Waals surface area contributed by atoms with Crippen LogP contribution in [0.3, 0.4) is 0 Å². The van der Waals surface area contributed by atoms with Crippen LogP contribution in [0.25, 0.3) is 0 Å². The zero-order valence-electron chi connectivity index (χ0n) is 20.0. The number of aliphatic hydroxyl groups is 1. The molecule has 4 aliphatic rings. The maximum Gasteiger partial charge on any atom is 0.338 e. The lowest BCUT2D eigenvalue weighted by atomic mass is 9.51. The van der Waals surface area contributed by atoms with Crippen molar-refractivity contribution in [1.82, 2.24) is 0 Å². The second-order valence-corrected chi connectivity index (χ2v) is 10.9. The number of hydrogen-bond donors (Lipinski definition) is 1. The van der Waals surface area contributed by atoms with E-state index in [1.54, 1.807) is 36.4 Å². The zero-order valence-corrected chi connectivity index (χ0v) is 20.0. The maximum absolute atomic E-state index is 13.5. The van der Waals surface area contributed by atoms with Gasteiger partial charge in [0.05, 0.1) is 5.56 Å². The molecule has 0 aliphatic heterocycles. The molecule has 1 N–H and O–H groups in total. The SMILES string of the molecule is C[C@@H]1C[C@@H]2[C@@H]3CCC4=CC(=O)C=C[C@]4(C)C3=CC[C@@]2(C)[C@]1(O)C(=O)COC(=O)c1ccccc1. The van der Waals surface area contributed by atoms with E-state index in [0.717, 1.165) is 24.8 Å². The molecule has 0 unspecified atom stereocenters. The molecule has 2 saturated carbocycles. The summed E-state index contributed by atoms with van der Waals surface area (Å²) in [6.07, 6.45) is 10.8. The van der Waals surface area contributed by atoms with Crippen molar-refractivity contribution in [3.63, 3.8) is 0 Å². The number of carbonyl (C=O) groups excluding carboxylic acids is 3. The molecular weight excluding hydrogens is 428 g/mol. The number of ketones is 2. The van der Waals surface area contributed by atoms with Gasteiger partial charge in [0.25, 0.3) is 0 Å². The lowest BCUT2D eigenvalue weighted by Crippen LogP contribution is -2.57. The number of fused-ring (bicyclic) bond motifs is 5. The highest BCUT2D eigenvalue weighted by Crippen LogP contribution is 2.66. The van der Waals surface area contributed by atoms with Crippen molar-refractivity contribution in [1.29, 1.82) is 0 Å². The fourth-order valence-corrected chi connectivity index (χ4v) is 7.36. The van der Waals surface area contributed by atoms with Gasteiger partial charge in [-0.25, -0.2) is 4.79 Å². The fourth-order valence-electron chi connectivity index (χ4n) is 7.36. The highest BCUT2D eigenvalue weighted by molar-refractivity contribution is 6.01. The third kappa shape index (κ3) is 3.13. The minimum atomic E-state index is -1.56. The fraction of sp³-hybridized carbons (Fsp3) is 0.483. The molecule has 0 amide bonds. The molecule has 5 rings (SSSR count). The normalized spacial score (nSPS) is 38.2. The minimum absolute atomic E-state index is 0.0479. The first kappa shape index (κ1) is 23.0. The minimum Gasteiger partial charge on any atom is -0.454 e. The number of ether oxygens (including phenoxy) is 1. The molecule has 2 fully saturated rings. The second-order valence-electron chi connectivity index (χ2n) is 10.9. The van der Waals surface area contributed by atoms with Crippen LogP contribution >= 0.6 is 0 Å². The van der Waals surface area contributed by atoms with Crippen LogP contribution in [0.2, 0.25) is 0 Å². The van der Waals surface area contributed by atoms with Crippen molar-refractivity contribution >= 4 is 17.5 Å². The quantitative estimate of drug-likeness (QED) is 0.524. The average Bonchev–Trinajstić information content (AvgIpc) is 3.05. The summed E-state index contributed by atoms with van der Waals surface area (Å²) in [5, 5.41) is 11.9. The molecule has 178 valence electrons. The van der Waals surface area contributed by atoms with Crippen LogP contribution in [0.5, 0.6) is 0 Å². The molecule has 0 spiro atoms. The number of Topliss-reactive ketones (excluding diaryl/α,β-unsaturated/α-hetero) is 1.